The first kappa shape index (κ1) is 19.2. The van der Waals surface area contributed by atoms with Crippen LogP contribution < -0.4 is 15.2 Å². The lowest BCUT2D eigenvalue weighted by Crippen LogP contribution is -2.12. The Labute approximate surface area is 158 Å². The van der Waals surface area contributed by atoms with Crippen LogP contribution in [0, 0.1) is 0 Å². The highest BCUT2D eigenvalue weighted by Crippen LogP contribution is 2.34. The number of hydrogen-bond acceptors (Lipinski definition) is 4. The maximum absolute atomic E-state index is 11.3. The summed E-state index contributed by atoms with van der Waals surface area (Å²) in [5.74, 6) is 0.779. The van der Waals surface area contributed by atoms with Gasteiger partial charge in [0.05, 0.1) is 15.5 Å². The number of benzene rings is 2. The molecule has 8 heteroatoms. The van der Waals surface area contributed by atoms with Crippen molar-refractivity contribution in [3.05, 3.63) is 50.9 Å². The molecule has 0 spiro atoms. The summed E-state index contributed by atoms with van der Waals surface area (Å²) in [5, 5.41) is 8.35. The molecule has 0 fully saturated rings. The van der Waals surface area contributed by atoms with Gasteiger partial charge < -0.3 is 10.1 Å². The molecule has 2 rings (SSSR count). The SMILES string of the molecule is CC(C)Oc1c(Br)cc(Br)cc1CNc1ccc(S(N)(=O)=O)cc1. The van der Waals surface area contributed by atoms with E-state index in [1.165, 1.54) is 12.1 Å². The van der Waals surface area contributed by atoms with Crippen molar-refractivity contribution >= 4 is 47.6 Å². The molecule has 0 amide bonds. The van der Waals surface area contributed by atoms with Crippen molar-refractivity contribution in [2.24, 2.45) is 5.14 Å². The van der Waals surface area contributed by atoms with Crippen molar-refractivity contribution in [3.63, 3.8) is 0 Å². The summed E-state index contributed by atoms with van der Waals surface area (Å²) in [6.07, 6.45) is 0.0512. The van der Waals surface area contributed by atoms with Gasteiger partial charge in [-0.05, 0) is 66.2 Å². The fourth-order valence-corrected chi connectivity index (χ4v) is 3.99. The number of sulfonamides is 1. The lowest BCUT2D eigenvalue weighted by Gasteiger charge is -2.17. The van der Waals surface area contributed by atoms with Crippen LogP contribution in [0.15, 0.2) is 50.2 Å². The third kappa shape index (κ3) is 5.20. The van der Waals surface area contributed by atoms with Gasteiger partial charge in [0.2, 0.25) is 10.0 Å². The molecule has 0 saturated carbocycles. The second-order valence-electron chi connectivity index (χ2n) is 5.47. The summed E-state index contributed by atoms with van der Waals surface area (Å²) in [4.78, 5) is 0.0853. The third-order valence-corrected chi connectivity index (χ3v) is 5.08. The third-order valence-electron chi connectivity index (χ3n) is 3.10. The molecule has 0 saturated heterocycles. The number of hydrogen-bond donors (Lipinski definition) is 2. The Morgan fingerprint density at radius 1 is 1.17 bits per heavy atom. The van der Waals surface area contributed by atoms with Gasteiger partial charge in [-0.2, -0.15) is 0 Å². The van der Waals surface area contributed by atoms with Crippen LogP contribution in [-0.4, -0.2) is 14.5 Å². The molecule has 3 N–H and O–H groups in total. The van der Waals surface area contributed by atoms with E-state index in [0.29, 0.717) is 6.54 Å². The highest BCUT2D eigenvalue weighted by molar-refractivity contribution is 9.11. The van der Waals surface area contributed by atoms with Gasteiger partial charge in [-0.15, -0.1) is 0 Å². The van der Waals surface area contributed by atoms with E-state index < -0.39 is 10.0 Å². The van der Waals surface area contributed by atoms with Crippen LogP contribution in [-0.2, 0) is 16.6 Å². The van der Waals surface area contributed by atoms with Gasteiger partial charge in [-0.25, -0.2) is 13.6 Å². The van der Waals surface area contributed by atoms with Gasteiger partial charge in [-0.1, -0.05) is 15.9 Å². The van der Waals surface area contributed by atoms with Crippen LogP contribution in [0.1, 0.15) is 19.4 Å². The first-order valence-corrected chi connectivity index (χ1v) is 10.3. The minimum Gasteiger partial charge on any atom is -0.489 e. The molecule has 130 valence electrons. The maximum atomic E-state index is 11.3. The maximum Gasteiger partial charge on any atom is 0.238 e. The molecule has 0 aromatic heterocycles. The lowest BCUT2D eigenvalue weighted by molar-refractivity contribution is 0.238. The fourth-order valence-electron chi connectivity index (χ4n) is 2.07. The van der Waals surface area contributed by atoms with E-state index >= 15 is 0 Å². The van der Waals surface area contributed by atoms with E-state index in [0.717, 1.165) is 25.9 Å². The molecule has 0 heterocycles. The highest BCUT2D eigenvalue weighted by Gasteiger charge is 2.12. The quantitative estimate of drug-likeness (QED) is 0.651. The number of halogens is 2. The predicted molar refractivity (Wildman–Crippen MR) is 103 cm³/mol. The average molecular weight is 478 g/mol. The van der Waals surface area contributed by atoms with Gasteiger partial charge in [0.1, 0.15) is 5.75 Å². The van der Waals surface area contributed by atoms with E-state index in [9.17, 15) is 8.42 Å². The van der Waals surface area contributed by atoms with Gasteiger partial charge in [0.15, 0.2) is 0 Å². The van der Waals surface area contributed by atoms with Crippen molar-refractivity contribution in [2.75, 3.05) is 5.32 Å². The monoisotopic (exact) mass is 476 g/mol. The minimum absolute atomic E-state index is 0.0512. The first-order valence-electron chi connectivity index (χ1n) is 7.18. The molecule has 0 radical (unpaired) electrons. The summed E-state index contributed by atoms with van der Waals surface area (Å²) in [6.45, 7) is 4.46. The minimum atomic E-state index is -3.68. The lowest BCUT2D eigenvalue weighted by atomic mass is 10.2. The summed E-state index contributed by atoms with van der Waals surface area (Å²) in [6, 6.07) is 10.2. The van der Waals surface area contributed by atoms with Crippen LogP contribution in [0.25, 0.3) is 0 Å². The Morgan fingerprint density at radius 3 is 2.33 bits per heavy atom. The van der Waals surface area contributed by atoms with Crippen molar-refractivity contribution < 1.29 is 13.2 Å². The number of primary sulfonamides is 1. The number of rotatable bonds is 6. The van der Waals surface area contributed by atoms with Crippen LogP contribution in [0.3, 0.4) is 0 Å². The van der Waals surface area contributed by atoms with Crippen LogP contribution in [0.4, 0.5) is 5.69 Å². The Bertz CT molecular complexity index is 822. The molecule has 0 unspecified atom stereocenters. The number of nitrogens with one attached hydrogen (secondary N) is 1. The first-order chi connectivity index (χ1) is 11.2. The summed E-state index contributed by atoms with van der Waals surface area (Å²) in [7, 11) is -3.68. The molecule has 0 aliphatic carbocycles. The van der Waals surface area contributed by atoms with Gasteiger partial charge in [0, 0.05) is 22.3 Å². The van der Waals surface area contributed by atoms with Crippen molar-refractivity contribution in [1.29, 1.82) is 0 Å². The second-order valence-corrected chi connectivity index (χ2v) is 8.80. The fraction of sp³-hybridized carbons (Fsp3) is 0.250. The van der Waals surface area contributed by atoms with Crippen molar-refractivity contribution in [2.45, 2.75) is 31.4 Å². The molecule has 24 heavy (non-hydrogen) atoms. The molecule has 0 bridgehead atoms. The van der Waals surface area contributed by atoms with Crippen molar-refractivity contribution in [3.8, 4) is 5.75 Å². The van der Waals surface area contributed by atoms with Gasteiger partial charge in [-0.3, -0.25) is 0 Å². The topological polar surface area (TPSA) is 81.4 Å². The number of ether oxygens (including phenoxy) is 1. The van der Waals surface area contributed by atoms with Crippen LogP contribution in [0.5, 0.6) is 5.75 Å². The molecular formula is C16H18Br2N2O3S. The van der Waals surface area contributed by atoms with E-state index in [-0.39, 0.29) is 11.0 Å². The van der Waals surface area contributed by atoms with Crippen LogP contribution in [0.2, 0.25) is 0 Å². The zero-order valence-electron chi connectivity index (χ0n) is 13.2. The van der Waals surface area contributed by atoms with E-state index in [1.54, 1.807) is 12.1 Å². The molecule has 5 nitrogen and oxygen atoms in total. The standard InChI is InChI=1S/C16H18Br2N2O3S/c1-10(2)23-16-11(7-12(17)8-15(16)18)9-20-13-3-5-14(6-4-13)24(19,21)22/h3-8,10,20H,9H2,1-2H3,(H2,19,21,22). The molecule has 0 aliphatic rings. The second kappa shape index (κ2) is 7.86. The van der Waals surface area contributed by atoms with E-state index in [2.05, 4.69) is 37.2 Å². The molecule has 2 aromatic carbocycles. The normalized spacial score (nSPS) is 11.6. The molecule has 2 aromatic rings. The summed E-state index contributed by atoms with van der Waals surface area (Å²) >= 11 is 7.00. The Balaban J connectivity index is 2.19. The van der Waals surface area contributed by atoms with E-state index in [4.69, 9.17) is 9.88 Å². The molecule has 0 aliphatic heterocycles. The summed E-state index contributed by atoms with van der Waals surface area (Å²) in [5.41, 5.74) is 1.76. The van der Waals surface area contributed by atoms with E-state index in [1.807, 2.05) is 26.0 Å². The van der Waals surface area contributed by atoms with Crippen LogP contribution >= 0.6 is 31.9 Å². The average Bonchev–Trinajstić information content (AvgIpc) is 2.47. The van der Waals surface area contributed by atoms with Crippen molar-refractivity contribution in [1.82, 2.24) is 0 Å². The highest BCUT2D eigenvalue weighted by atomic mass is 79.9. The van der Waals surface area contributed by atoms with Gasteiger partial charge >= 0.3 is 0 Å². The predicted octanol–water partition coefficient (Wildman–Crippen LogP) is 4.26. The zero-order chi connectivity index (χ0) is 17.9. The largest absolute Gasteiger partial charge is 0.489 e. The zero-order valence-corrected chi connectivity index (χ0v) is 17.2. The molecule has 0 atom stereocenters. The van der Waals surface area contributed by atoms with Gasteiger partial charge in [0.25, 0.3) is 0 Å². The number of nitrogens with two attached hydrogens (primary N) is 1. The Morgan fingerprint density at radius 2 is 1.79 bits per heavy atom. The summed E-state index contributed by atoms with van der Waals surface area (Å²) < 4.78 is 30.2. The Kier molecular flexibility index (Phi) is 6.30. The number of anilines is 1. The smallest absolute Gasteiger partial charge is 0.238 e. The molecular weight excluding hydrogens is 460 g/mol. The Hall–Kier alpha value is -1.09.